The fourth-order valence-corrected chi connectivity index (χ4v) is 11.7. The van der Waals surface area contributed by atoms with Gasteiger partial charge in [-0.1, -0.05) is 97.9 Å². The van der Waals surface area contributed by atoms with Crippen molar-refractivity contribution >= 4 is 80.7 Å². The summed E-state index contributed by atoms with van der Waals surface area (Å²) < 4.78 is 0. The summed E-state index contributed by atoms with van der Waals surface area (Å²) in [6.07, 6.45) is 3.02. The molecule has 468 valence electrons. The van der Waals surface area contributed by atoms with Crippen molar-refractivity contribution in [2.24, 2.45) is 40.5 Å². The van der Waals surface area contributed by atoms with E-state index in [0.29, 0.717) is 11.5 Å². The van der Waals surface area contributed by atoms with E-state index in [9.17, 15) is 58.2 Å². The first-order valence-corrected chi connectivity index (χ1v) is 31.2. The number of nitrogens with one attached hydrogen (secondary N) is 10. The second kappa shape index (κ2) is 38.3. The zero-order valence-corrected chi connectivity index (χ0v) is 49.9. The molecule has 1 saturated heterocycles. The predicted molar refractivity (Wildman–Crippen MR) is 317 cm³/mol. The van der Waals surface area contributed by atoms with Crippen molar-refractivity contribution in [2.75, 3.05) is 44.2 Å². The molecule has 2 fully saturated rings. The van der Waals surface area contributed by atoms with Crippen molar-refractivity contribution in [3.8, 4) is 0 Å². The number of hydrogen-bond acceptors (Lipinski definition) is 19. The van der Waals surface area contributed by atoms with E-state index >= 15 is 0 Å². The molecule has 1 saturated carbocycles. The van der Waals surface area contributed by atoms with Crippen molar-refractivity contribution in [3.63, 3.8) is 0 Å². The molecule has 3 rings (SSSR count). The van der Waals surface area contributed by atoms with E-state index in [0.717, 1.165) is 12.2 Å². The van der Waals surface area contributed by atoms with Crippen LogP contribution in [0.15, 0.2) is 30.3 Å². The number of carbonyl (C=O) groups excluding carboxylic acids is 10. The number of aliphatic hydroxyl groups excluding tert-OH is 2. The molecule has 27 nitrogen and oxygen atoms in total. The molecule has 0 spiro atoms. The number of amides is 10. The highest BCUT2D eigenvalue weighted by Gasteiger charge is 2.37. The van der Waals surface area contributed by atoms with E-state index in [2.05, 4.69) is 53.2 Å². The maximum absolute atomic E-state index is 14.5. The average Bonchev–Trinajstić information content (AvgIpc) is 3.62. The smallest absolute Gasteiger partial charge is 0.245 e. The van der Waals surface area contributed by atoms with Crippen LogP contribution in [0.5, 0.6) is 0 Å². The lowest BCUT2D eigenvalue weighted by Gasteiger charge is -2.28. The Morgan fingerprint density at radius 3 is 1.67 bits per heavy atom. The molecule has 83 heavy (non-hydrogen) atoms. The molecule has 1 aliphatic heterocycles. The summed E-state index contributed by atoms with van der Waals surface area (Å²) in [6, 6.07) is -5.74. The second-order valence-electron chi connectivity index (χ2n) is 21.6. The Kier molecular flexibility index (Phi) is 33.1. The maximum atomic E-state index is 14.5. The summed E-state index contributed by atoms with van der Waals surface area (Å²) >= 11 is 0. The third-order valence-corrected chi connectivity index (χ3v) is 16.6. The molecule has 0 aromatic heterocycles. The quantitative estimate of drug-likeness (QED) is 0.0310. The molecule has 1 aromatic carbocycles. The van der Waals surface area contributed by atoms with Crippen molar-refractivity contribution in [1.82, 2.24) is 53.2 Å². The van der Waals surface area contributed by atoms with E-state index in [-0.39, 0.29) is 76.4 Å². The molecule has 1 aliphatic carbocycles. The van der Waals surface area contributed by atoms with Crippen molar-refractivity contribution < 1.29 is 58.2 Å². The number of benzene rings is 1. The molecule has 10 amide bonds. The van der Waals surface area contributed by atoms with Crippen LogP contribution in [0, 0.1) is 11.8 Å². The topological polar surface area (TPSA) is 462 Å². The van der Waals surface area contributed by atoms with Crippen LogP contribution in [0.25, 0.3) is 0 Å². The summed E-state index contributed by atoms with van der Waals surface area (Å²) in [5, 5.41) is 47.1. The molecule has 22 N–H and O–H groups in total. The molecule has 0 radical (unpaired) electrons. The van der Waals surface area contributed by atoms with Gasteiger partial charge in [0.15, 0.2) is 0 Å². The average molecular weight is 1210 g/mol. The summed E-state index contributed by atoms with van der Waals surface area (Å²) in [5.74, 6) is -7.36. The van der Waals surface area contributed by atoms with E-state index in [1.807, 2.05) is 0 Å². The Morgan fingerprint density at radius 2 is 1.13 bits per heavy atom. The summed E-state index contributed by atoms with van der Waals surface area (Å²) in [4.78, 5) is 140. The first-order valence-electron chi connectivity index (χ1n) is 28.7. The molecule has 12 atom stereocenters. The molecule has 0 unspecified atom stereocenters. The van der Waals surface area contributed by atoms with E-state index in [1.165, 1.54) is 56.7 Å². The highest BCUT2D eigenvalue weighted by atomic mass is 33.1. The fraction of sp³-hybridized carbons (Fsp3) is 0.704. The van der Waals surface area contributed by atoms with Crippen LogP contribution < -0.4 is 81.8 Å². The lowest BCUT2D eigenvalue weighted by molar-refractivity contribution is -0.136. The van der Waals surface area contributed by atoms with Crippen molar-refractivity contribution in [3.05, 3.63) is 35.9 Å². The standard InChI is InChI=1S/C54H93N15O12S2/c1-30(2)27-41-51(78)63-36(15-21-55)46(73)62-39(18-24-58)50(77)69-43(31(3)70)53(80)60-25-19-40(49(76)61-37(16-22-56)48(75)67-42(52(79)66-41)28-34-13-9-6-10-14-34)64-47(74)38(17-23-57)65-54(81)44(32(4)71)68-45(72)35(59)29-83-82-26-20-33-11-7-5-8-12-33/h6,9-10,13-14,30-33,35-44,70-71H,5,7-8,11-12,15-29,55-59H2,1-4H3,(H,60,80)(H,61,76)(H,62,73)(H,63,78)(H,64,74)(H,65,81)(H,66,79)(H,67,75)(H,68,72)(H,69,77)/t31-,32-,35-,36+,37+,38-,39+,40+,41+,42-,43+,44+/m1/s1. The van der Waals surface area contributed by atoms with Gasteiger partial charge in [-0.25, -0.2) is 0 Å². The third kappa shape index (κ3) is 25.6. The summed E-state index contributed by atoms with van der Waals surface area (Å²) in [6.45, 7) is 5.02. The number of rotatable bonds is 26. The van der Waals surface area contributed by atoms with Gasteiger partial charge in [-0.15, -0.1) is 0 Å². The van der Waals surface area contributed by atoms with E-state index < -0.39 is 145 Å². The number of aliphatic hydroxyl groups is 2. The monoisotopic (exact) mass is 1210 g/mol. The van der Waals surface area contributed by atoms with E-state index in [1.54, 1.807) is 55.0 Å². The van der Waals surface area contributed by atoms with Gasteiger partial charge in [0, 0.05) is 24.5 Å². The predicted octanol–water partition coefficient (Wildman–Crippen LogP) is -4.01. The van der Waals surface area contributed by atoms with E-state index in [4.69, 9.17) is 28.7 Å². The van der Waals surface area contributed by atoms with Gasteiger partial charge in [0.05, 0.1) is 18.2 Å². The minimum absolute atomic E-state index is 0.0572. The minimum Gasteiger partial charge on any atom is -0.391 e. The fourth-order valence-electron chi connectivity index (χ4n) is 9.39. The Labute approximate surface area is 494 Å². The SMILES string of the molecule is CC(C)C[C@@H]1NC(=O)[C@@H](Cc2ccccc2)NC(=O)[C@H](CCN)NC(=O)[C@@H](NC(=O)[C@@H](CCN)NC(=O)[C@@H](NC(=O)[C@H](N)CSSCCC2CCCCC2)[C@@H](C)O)CCNC(=O)[C@H]([C@@H](C)O)NC(=O)[C@H](CCN)NC(=O)[C@H](CCN)NC1=O. The Morgan fingerprint density at radius 1 is 0.602 bits per heavy atom. The largest absolute Gasteiger partial charge is 0.391 e. The van der Waals surface area contributed by atoms with Gasteiger partial charge in [-0.3, -0.25) is 47.9 Å². The molecule has 2 aliphatic rings. The van der Waals surface area contributed by atoms with Crippen molar-refractivity contribution in [1.29, 1.82) is 0 Å². The second-order valence-corrected chi connectivity index (χ2v) is 24.2. The minimum atomic E-state index is -1.67. The van der Waals surface area contributed by atoms with Gasteiger partial charge in [0.25, 0.3) is 0 Å². The first-order chi connectivity index (χ1) is 39.5. The first kappa shape index (κ1) is 71.6. The van der Waals surface area contributed by atoms with Crippen LogP contribution in [0.4, 0.5) is 0 Å². The molecule has 29 heteroatoms. The van der Waals surface area contributed by atoms with Gasteiger partial charge < -0.3 is 92.0 Å². The van der Waals surface area contributed by atoms with Crippen LogP contribution in [0.1, 0.15) is 110 Å². The lowest BCUT2D eigenvalue weighted by atomic mass is 9.88. The normalized spacial score (nSPS) is 24.2. The van der Waals surface area contributed by atoms with Crippen LogP contribution in [0.2, 0.25) is 0 Å². The van der Waals surface area contributed by atoms with Gasteiger partial charge in [0.2, 0.25) is 59.1 Å². The lowest BCUT2D eigenvalue weighted by Crippen LogP contribution is -2.62. The van der Waals surface area contributed by atoms with Crippen LogP contribution >= 0.6 is 21.6 Å². The Bertz CT molecular complexity index is 2250. The Hall–Kier alpha value is -5.66. The summed E-state index contributed by atoms with van der Waals surface area (Å²) in [5.41, 5.74) is 30.4. The third-order valence-electron chi connectivity index (χ3n) is 14.1. The molecular formula is C54H93N15O12S2. The summed E-state index contributed by atoms with van der Waals surface area (Å²) in [7, 11) is 3.03. The molecule has 0 bridgehead atoms. The zero-order valence-electron chi connectivity index (χ0n) is 48.3. The van der Waals surface area contributed by atoms with Gasteiger partial charge in [-0.2, -0.15) is 0 Å². The van der Waals surface area contributed by atoms with Gasteiger partial charge in [0.1, 0.15) is 54.4 Å². The van der Waals surface area contributed by atoms with Gasteiger partial charge >= 0.3 is 0 Å². The van der Waals surface area contributed by atoms with Crippen LogP contribution in [0.3, 0.4) is 0 Å². The van der Waals surface area contributed by atoms with Gasteiger partial charge in [-0.05, 0) is 102 Å². The molecule has 1 heterocycles. The number of carbonyl (C=O) groups is 10. The number of nitrogens with two attached hydrogens (primary N) is 5. The zero-order chi connectivity index (χ0) is 61.6. The number of hydrogen-bond donors (Lipinski definition) is 17. The Balaban J connectivity index is 2.01. The van der Waals surface area contributed by atoms with Crippen LogP contribution in [-0.2, 0) is 54.4 Å². The maximum Gasteiger partial charge on any atom is 0.245 e. The molecular weight excluding hydrogens is 1110 g/mol. The molecule has 1 aromatic rings. The highest BCUT2D eigenvalue weighted by Crippen LogP contribution is 2.30. The highest BCUT2D eigenvalue weighted by molar-refractivity contribution is 8.76. The van der Waals surface area contributed by atoms with Crippen LogP contribution in [-0.4, -0.2) is 186 Å². The van der Waals surface area contributed by atoms with Crippen molar-refractivity contribution in [2.45, 2.75) is 184 Å².